The Morgan fingerprint density at radius 1 is 1.36 bits per heavy atom. The molecule has 1 N–H and O–H groups in total. The summed E-state index contributed by atoms with van der Waals surface area (Å²) < 4.78 is 31.2. The molecule has 0 aromatic heterocycles. The number of nitrogens with one attached hydrogen (secondary N) is 1. The van der Waals surface area contributed by atoms with Crippen LogP contribution < -0.4 is 15.1 Å². The van der Waals surface area contributed by atoms with Crippen LogP contribution in [0.25, 0.3) is 0 Å². The van der Waals surface area contributed by atoms with Crippen molar-refractivity contribution in [1.29, 1.82) is 0 Å². The van der Waals surface area contributed by atoms with Crippen molar-refractivity contribution >= 4 is 34.2 Å². The zero-order chi connectivity index (χ0) is 18.0. The van der Waals surface area contributed by atoms with E-state index in [0.29, 0.717) is 36.0 Å². The molecular formula is C16H20FN3O4S. The zero-order valence-corrected chi connectivity index (χ0v) is 14.7. The third kappa shape index (κ3) is 3.76. The number of hydrogen-bond donors (Lipinski definition) is 1. The second-order valence-corrected chi connectivity index (χ2v) is 7.62. The number of carbonyl (C=O) groups excluding carboxylic acids is 2. The fourth-order valence-electron chi connectivity index (χ4n) is 2.97. The van der Waals surface area contributed by atoms with Gasteiger partial charge in [-0.05, 0) is 24.6 Å². The van der Waals surface area contributed by atoms with Gasteiger partial charge in [0.15, 0.2) is 6.10 Å². The summed E-state index contributed by atoms with van der Waals surface area (Å²) in [5.74, 6) is 0.302. The van der Waals surface area contributed by atoms with E-state index < -0.39 is 34.7 Å². The lowest BCUT2D eigenvalue weighted by Crippen LogP contribution is -2.35. The number of halogens is 1. The summed E-state index contributed by atoms with van der Waals surface area (Å²) in [5.41, 5.74) is 0.772. The molecule has 2 aliphatic rings. The molecule has 2 fully saturated rings. The molecule has 1 unspecified atom stereocenters. The number of amides is 2. The molecule has 3 rings (SSSR count). The van der Waals surface area contributed by atoms with Crippen molar-refractivity contribution in [3.8, 4) is 0 Å². The first-order valence-corrected chi connectivity index (χ1v) is 9.57. The average Bonchev–Trinajstić information content (AvgIpc) is 2.86. The third-order valence-electron chi connectivity index (χ3n) is 4.32. The maximum atomic E-state index is 14.6. The zero-order valence-electron chi connectivity index (χ0n) is 13.9. The lowest BCUT2D eigenvalue weighted by molar-refractivity contribution is -0.127. The van der Waals surface area contributed by atoms with Crippen molar-refractivity contribution < 1.29 is 22.9 Å². The van der Waals surface area contributed by atoms with Crippen molar-refractivity contribution in [3.63, 3.8) is 0 Å². The Hall–Kier alpha value is -2.16. The van der Waals surface area contributed by atoms with Crippen molar-refractivity contribution in [2.75, 3.05) is 48.0 Å². The molecule has 0 radical (unpaired) electrons. The standard InChI is InChI=1S/C16H20FN3O4S/c1-18-15(21)14-10-20(16(22)24-14)11-3-4-13(12(17)9-11)19-5-2-7-25(23)8-6-19/h3-4,9,14H,2,5-8,10H2,1H3,(H,18,21)/t14-,25?/m1/s1. The van der Waals surface area contributed by atoms with Crippen molar-refractivity contribution in [2.24, 2.45) is 0 Å². The Balaban J connectivity index is 1.77. The van der Waals surface area contributed by atoms with Crippen LogP contribution in [0, 0.1) is 5.82 Å². The van der Waals surface area contributed by atoms with Crippen LogP contribution in [0.15, 0.2) is 18.2 Å². The van der Waals surface area contributed by atoms with Gasteiger partial charge < -0.3 is 15.0 Å². The van der Waals surface area contributed by atoms with E-state index in [1.165, 1.54) is 18.0 Å². The number of anilines is 2. The van der Waals surface area contributed by atoms with E-state index in [4.69, 9.17) is 4.74 Å². The maximum Gasteiger partial charge on any atom is 0.415 e. The SMILES string of the molecule is CNC(=O)[C@H]1CN(c2ccc(N3CCCS(=O)CC3)c(F)c2)C(=O)O1. The second-order valence-electron chi connectivity index (χ2n) is 5.92. The fraction of sp³-hybridized carbons (Fsp3) is 0.500. The fourth-order valence-corrected chi connectivity index (χ4v) is 4.05. The summed E-state index contributed by atoms with van der Waals surface area (Å²) in [5, 5.41) is 2.42. The molecule has 1 aromatic rings. The predicted octanol–water partition coefficient (Wildman–Crippen LogP) is 0.856. The van der Waals surface area contributed by atoms with Gasteiger partial charge in [0.1, 0.15) is 5.82 Å². The van der Waals surface area contributed by atoms with Crippen LogP contribution in [0.4, 0.5) is 20.6 Å². The molecule has 2 heterocycles. The third-order valence-corrected chi connectivity index (χ3v) is 5.71. The molecule has 0 saturated carbocycles. The average molecular weight is 369 g/mol. The van der Waals surface area contributed by atoms with Gasteiger partial charge in [-0.1, -0.05) is 0 Å². The Morgan fingerprint density at radius 3 is 2.88 bits per heavy atom. The molecule has 1 aromatic carbocycles. The molecule has 0 bridgehead atoms. The first kappa shape index (κ1) is 17.7. The number of likely N-dealkylation sites (N-methyl/N-ethyl adjacent to an activating group) is 1. The minimum Gasteiger partial charge on any atom is -0.434 e. The lowest BCUT2D eigenvalue weighted by atomic mass is 10.2. The second kappa shape index (κ2) is 7.38. The predicted molar refractivity (Wildman–Crippen MR) is 92.8 cm³/mol. The summed E-state index contributed by atoms with van der Waals surface area (Å²) in [6, 6.07) is 4.51. The van der Waals surface area contributed by atoms with Gasteiger partial charge in [0.2, 0.25) is 0 Å². The number of rotatable bonds is 3. The molecule has 25 heavy (non-hydrogen) atoms. The van der Waals surface area contributed by atoms with Gasteiger partial charge in [-0.3, -0.25) is 13.9 Å². The quantitative estimate of drug-likeness (QED) is 0.855. The molecule has 9 heteroatoms. The highest BCUT2D eigenvalue weighted by molar-refractivity contribution is 7.85. The summed E-state index contributed by atoms with van der Waals surface area (Å²) >= 11 is 0. The molecule has 2 saturated heterocycles. The van der Waals surface area contributed by atoms with Crippen molar-refractivity contribution in [2.45, 2.75) is 12.5 Å². The molecule has 7 nitrogen and oxygen atoms in total. The van der Waals surface area contributed by atoms with E-state index in [-0.39, 0.29) is 6.54 Å². The monoisotopic (exact) mass is 369 g/mol. The summed E-state index contributed by atoms with van der Waals surface area (Å²) in [6.07, 6.45) is -0.827. The van der Waals surface area contributed by atoms with Crippen molar-refractivity contribution in [1.82, 2.24) is 5.32 Å². The van der Waals surface area contributed by atoms with Gasteiger partial charge >= 0.3 is 6.09 Å². The van der Waals surface area contributed by atoms with Gasteiger partial charge in [-0.2, -0.15) is 0 Å². The number of hydrogen-bond acceptors (Lipinski definition) is 5. The highest BCUT2D eigenvalue weighted by Crippen LogP contribution is 2.28. The van der Waals surface area contributed by atoms with Crippen LogP contribution in [0.3, 0.4) is 0 Å². The Labute approximate surface area is 147 Å². The van der Waals surface area contributed by atoms with E-state index >= 15 is 0 Å². The maximum absolute atomic E-state index is 14.6. The van der Waals surface area contributed by atoms with Gasteiger partial charge in [-0.25, -0.2) is 9.18 Å². The van der Waals surface area contributed by atoms with Crippen LogP contribution in [0.2, 0.25) is 0 Å². The normalized spacial score (nSPS) is 24.0. The minimum atomic E-state index is -0.902. The van der Waals surface area contributed by atoms with E-state index in [2.05, 4.69) is 5.32 Å². The smallest absolute Gasteiger partial charge is 0.415 e. The van der Waals surface area contributed by atoms with Gasteiger partial charge in [-0.15, -0.1) is 0 Å². The van der Waals surface area contributed by atoms with Crippen LogP contribution >= 0.6 is 0 Å². The summed E-state index contributed by atoms with van der Waals surface area (Å²) in [7, 11) is 0.609. The van der Waals surface area contributed by atoms with E-state index in [1.807, 2.05) is 4.90 Å². The van der Waals surface area contributed by atoms with E-state index in [0.717, 1.165) is 6.42 Å². The molecule has 2 aliphatic heterocycles. The van der Waals surface area contributed by atoms with E-state index in [1.54, 1.807) is 12.1 Å². The molecular weight excluding hydrogens is 349 g/mol. The van der Waals surface area contributed by atoms with Crippen LogP contribution in [-0.2, 0) is 20.3 Å². The largest absolute Gasteiger partial charge is 0.434 e. The van der Waals surface area contributed by atoms with Crippen LogP contribution in [-0.4, -0.2) is 60.5 Å². The summed E-state index contributed by atoms with van der Waals surface area (Å²) in [6.45, 7) is 1.22. The molecule has 2 amide bonds. The molecule has 0 spiro atoms. The van der Waals surface area contributed by atoms with Gasteiger partial charge in [0, 0.05) is 42.4 Å². The van der Waals surface area contributed by atoms with Gasteiger partial charge in [0.05, 0.1) is 17.9 Å². The van der Waals surface area contributed by atoms with Crippen LogP contribution in [0.5, 0.6) is 0 Å². The lowest BCUT2D eigenvalue weighted by Gasteiger charge is -2.23. The first-order valence-electron chi connectivity index (χ1n) is 8.09. The first-order chi connectivity index (χ1) is 12.0. The minimum absolute atomic E-state index is 0.0417. The number of carbonyl (C=O) groups is 2. The Morgan fingerprint density at radius 2 is 2.16 bits per heavy atom. The number of benzene rings is 1. The number of nitrogens with zero attached hydrogens (tertiary/aromatic N) is 2. The Bertz CT molecular complexity index is 715. The topological polar surface area (TPSA) is 79.0 Å². The molecule has 136 valence electrons. The number of ether oxygens (including phenoxy) is 1. The highest BCUT2D eigenvalue weighted by atomic mass is 32.2. The summed E-state index contributed by atoms with van der Waals surface area (Å²) in [4.78, 5) is 26.7. The number of cyclic esters (lactones) is 1. The highest BCUT2D eigenvalue weighted by Gasteiger charge is 2.36. The Kier molecular flexibility index (Phi) is 5.22. The molecule has 0 aliphatic carbocycles. The van der Waals surface area contributed by atoms with Gasteiger partial charge in [0.25, 0.3) is 5.91 Å². The van der Waals surface area contributed by atoms with Crippen LogP contribution in [0.1, 0.15) is 6.42 Å². The molecule has 2 atom stereocenters. The van der Waals surface area contributed by atoms with E-state index in [9.17, 15) is 18.2 Å². The van der Waals surface area contributed by atoms with Crippen molar-refractivity contribution in [3.05, 3.63) is 24.0 Å².